The first kappa shape index (κ1) is 14.5. The summed E-state index contributed by atoms with van der Waals surface area (Å²) in [6.45, 7) is 4.89. The molecule has 3 rings (SSSR count). The molecule has 2 nitrogen and oxygen atoms in total. The van der Waals surface area contributed by atoms with Crippen molar-refractivity contribution in [2.45, 2.75) is 26.4 Å². The molecule has 0 amide bonds. The van der Waals surface area contributed by atoms with Gasteiger partial charge in [-0.1, -0.05) is 56.3 Å². The highest BCUT2D eigenvalue weighted by atomic mass is 16.5. The average molecular weight is 291 g/mol. The standard InChI is InChI=1S/C20H21NO/c1-14(2)16-8-4-10-18(12-16)22-13-17-9-3-6-15-7-5-11-19(21)20(15)17/h3-12,14H,13,21H2,1-2H3. The predicted molar refractivity (Wildman–Crippen MR) is 93.2 cm³/mol. The molecule has 0 aliphatic rings. The maximum Gasteiger partial charge on any atom is 0.120 e. The molecule has 0 bridgehead atoms. The van der Waals surface area contributed by atoms with Crippen molar-refractivity contribution < 1.29 is 4.74 Å². The predicted octanol–water partition coefficient (Wildman–Crippen LogP) is 5.12. The Balaban J connectivity index is 1.87. The van der Waals surface area contributed by atoms with Gasteiger partial charge in [0, 0.05) is 11.1 Å². The van der Waals surface area contributed by atoms with Gasteiger partial charge in [-0.3, -0.25) is 0 Å². The van der Waals surface area contributed by atoms with Gasteiger partial charge in [-0.15, -0.1) is 0 Å². The number of hydrogen-bond acceptors (Lipinski definition) is 2. The van der Waals surface area contributed by atoms with Crippen molar-refractivity contribution in [3.63, 3.8) is 0 Å². The molecule has 0 heterocycles. The number of benzene rings is 3. The summed E-state index contributed by atoms with van der Waals surface area (Å²) in [4.78, 5) is 0. The van der Waals surface area contributed by atoms with E-state index in [1.807, 2.05) is 30.3 Å². The molecule has 3 aromatic carbocycles. The molecule has 0 spiro atoms. The molecule has 0 unspecified atom stereocenters. The van der Waals surface area contributed by atoms with Gasteiger partial charge in [0.15, 0.2) is 0 Å². The number of hydrogen-bond donors (Lipinski definition) is 1. The molecule has 0 fully saturated rings. The van der Waals surface area contributed by atoms with Gasteiger partial charge in [-0.2, -0.15) is 0 Å². The quantitative estimate of drug-likeness (QED) is 0.677. The molecular formula is C20H21NO. The summed E-state index contributed by atoms with van der Waals surface area (Å²) in [7, 11) is 0. The SMILES string of the molecule is CC(C)c1cccc(OCc2cccc3cccc(N)c23)c1. The summed E-state index contributed by atoms with van der Waals surface area (Å²) >= 11 is 0. The first-order chi connectivity index (χ1) is 10.6. The fourth-order valence-corrected chi connectivity index (χ4v) is 2.69. The van der Waals surface area contributed by atoms with Crippen LogP contribution < -0.4 is 10.5 Å². The second-order valence-corrected chi connectivity index (χ2v) is 5.88. The summed E-state index contributed by atoms with van der Waals surface area (Å²) in [6, 6.07) is 20.5. The summed E-state index contributed by atoms with van der Waals surface area (Å²) in [5, 5.41) is 2.24. The van der Waals surface area contributed by atoms with Crippen molar-refractivity contribution in [2.75, 3.05) is 5.73 Å². The minimum atomic E-state index is 0.497. The molecule has 2 heteroatoms. The third-order valence-corrected chi connectivity index (χ3v) is 3.94. The second-order valence-electron chi connectivity index (χ2n) is 5.88. The molecule has 0 aliphatic carbocycles. The molecule has 0 saturated carbocycles. The monoisotopic (exact) mass is 291 g/mol. The Bertz CT molecular complexity index is 787. The van der Waals surface area contributed by atoms with Crippen molar-refractivity contribution in [3.8, 4) is 5.75 Å². The lowest BCUT2D eigenvalue weighted by molar-refractivity contribution is 0.307. The van der Waals surface area contributed by atoms with Gasteiger partial charge >= 0.3 is 0 Å². The van der Waals surface area contributed by atoms with E-state index in [1.165, 1.54) is 5.56 Å². The normalized spacial score (nSPS) is 11.0. The van der Waals surface area contributed by atoms with Gasteiger partial charge in [-0.25, -0.2) is 0 Å². The van der Waals surface area contributed by atoms with Crippen LogP contribution in [0.4, 0.5) is 5.69 Å². The van der Waals surface area contributed by atoms with Crippen molar-refractivity contribution in [1.29, 1.82) is 0 Å². The van der Waals surface area contributed by atoms with Crippen LogP contribution in [-0.4, -0.2) is 0 Å². The highest BCUT2D eigenvalue weighted by Crippen LogP contribution is 2.27. The van der Waals surface area contributed by atoms with Crippen molar-refractivity contribution >= 4 is 16.5 Å². The van der Waals surface area contributed by atoms with E-state index in [0.717, 1.165) is 27.8 Å². The molecular weight excluding hydrogens is 270 g/mol. The Labute approximate surface area is 131 Å². The molecule has 0 saturated heterocycles. The number of fused-ring (bicyclic) bond motifs is 1. The molecule has 2 N–H and O–H groups in total. The first-order valence-corrected chi connectivity index (χ1v) is 7.64. The minimum absolute atomic E-state index is 0.497. The maximum absolute atomic E-state index is 6.13. The van der Waals surface area contributed by atoms with Crippen LogP contribution in [0.1, 0.15) is 30.9 Å². The third kappa shape index (κ3) is 2.91. The van der Waals surface area contributed by atoms with Crippen LogP contribution in [0.3, 0.4) is 0 Å². The van der Waals surface area contributed by atoms with E-state index in [4.69, 9.17) is 10.5 Å². The van der Waals surface area contributed by atoms with Gasteiger partial charge in [0.05, 0.1) is 0 Å². The van der Waals surface area contributed by atoms with E-state index in [1.54, 1.807) is 0 Å². The summed E-state index contributed by atoms with van der Waals surface area (Å²) < 4.78 is 5.99. The lowest BCUT2D eigenvalue weighted by Gasteiger charge is -2.12. The zero-order chi connectivity index (χ0) is 15.5. The zero-order valence-corrected chi connectivity index (χ0v) is 13.0. The van der Waals surface area contributed by atoms with E-state index in [-0.39, 0.29) is 0 Å². The van der Waals surface area contributed by atoms with Crippen molar-refractivity contribution in [2.24, 2.45) is 0 Å². The Morgan fingerprint density at radius 2 is 1.68 bits per heavy atom. The highest BCUT2D eigenvalue weighted by molar-refractivity contribution is 5.95. The number of anilines is 1. The Hall–Kier alpha value is -2.48. The first-order valence-electron chi connectivity index (χ1n) is 7.64. The second kappa shape index (κ2) is 6.10. The number of ether oxygens (including phenoxy) is 1. The average Bonchev–Trinajstić information content (AvgIpc) is 2.53. The lowest BCUT2D eigenvalue weighted by Crippen LogP contribution is -1.99. The fourth-order valence-electron chi connectivity index (χ4n) is 2.69. The molecule has 3 aromatic rings. The Morgan fingerprint density at radius 3 is 2.45 bits per heavy atom. The van der Waals surface area contributed by atoms with Gasteiger partial charge < -0.3 is 10.5 Å². The number of nitrogens with two attached hydrogens (primary N) is 1. The molecule has 0 aliphatic heterocycles. The third-order valence-electron chi connectivity index (χ3n) is 3.94. The number of rotatable bonds is 4. The molecule has 22 heavy (non-hydrogen) atoms. The van der Waals surface area contributed by atoms with Crippen molar-refractivity contribution in [1.82, 2.24) is 0 Å². The van der Waals surface area contributed by atoms with Crippen LogP contribution in [0.25, 0.3) is 10.8 Å². The minimum Gasteiger partial charge on any atom is -0.489 e. The van der Waals surface area contributed by atoms with Gasteiger partial charge in [0.25, 0.3) is 0 Å². The largest absolute Gasteiger partial charge is 0.489 e. The fraction of sp³-hybridized carbons (Fsp3) is 0.200. The van der Waals surface area contributed by atoms with E-state index < -0.39 is 0 Å². The van der Waals surface area contributed by atoms with Crippen LogP contribution in [-0.2, 0) is 6.61 Å². The van der Waals surface area contributed by atoms with Crippen LogP contribution in [0, 0.1) is 0 Å². The number of nitrogen functional groups attached to an aromatic ring is 1. The summed E-state index contributed by atoms with van der Waals surface area (Å²) in [5.41, 5.74) is 9.34. The van der Waals surface area contributed by atoms with E-state index in [0.29, 0.717) is 12.5 Å². The van der Waals surface area contributed by atoms with Gasteiger partial charge in [0.2, 0.25) is 0 Å². The smallest absolute Gasteiger partial charge is 0.120 e. The zero-order valence-electron chi connectivity index (χ0n) is 13.0. The summed E-state index contributed by atoms with van der Waals surface area (Å²) in [6.07, 6.45) is 0. The summed E-state index contributed by atoms with van der Waals surface area (Å²) in [5.74, 6) is 1.40. The van der Waals surface area contributed by atoms with E-state index >= 15 is 0 Å². The topological polar surface area (TPSA) is 35.2 Å². The van der Waals surface area contributed by atoms with E-state index in [2.05, 4.69) is 44.2 Å². The molecule has 0 radical (unpaired) electrons. The maximum atomic E-state index is 6.13. The van der Waals surface area contributed by atoms with Crippen LogP contribution in [0.15, 0.2) is 60.7 Å². The van der Waals surface area contributed by atoms with Crippen LogP contribution in [0.5, 0.6) is 5.75 Å². The van der Waals surface area contributed by atoms with Crippen LogP contribution >= 0.6 is 0 Å². The Kier molecular flexibility index (Phi) is 4.01. The molecule has 0 atom stereocenters. The van der Waals surface area contributed by atoms with Crippen LogP contribution in [0.2, 0.25) is 0 Å². The Morgan fingerprint density at radius 1 is 0.955 bits per heavy atom. The van der Waals surface area contributed by atoms with Gasteiger partial charge in [0.1, 0.15) is 12.4 Å². The highest BCUT2D eigenvalue weighted by Gasteiger charge is 2.06. The molecule has 112 valence electrons. The molecule has 0 aromatic heterocycles. The van der Waals surface area contributed by atoms with E-state index in [9.17, 15) is 0 Å². The van der Waals surface area contributed by atoms with Crippen molar-refractivity contribution in [3.05, 3.63) is 71.8 Å². The lowest BCUT2D eigenvalue weighted by atomic mass is 10.0. The van der Waals surface area contributed by atoms with Gasteiger partial charge in [-0.05, 0) is 40.6 Å².